The molecule has 0 radical (unpaired) electrons. The van der Waals surface area contributed by atoms with Gasteiger partial charge in [-0.1, -0.05) is 17.8 Å². The molecule has 1 aromatic heterocycles. The maximum atomic E-state index is 14.6. The zero-order valence-corrected chi connectivity index (χ0v) is 15.1. The predicted molar refractivity (Wildman–Crippen MR) is 96.2 cm³/mol. The first-order valence-electron chi connectivity index (χ1n) is 8.22. The first-order chi connectivity index (χ1) is 12.8. The Labute approximate surface area is 157 Å². The van der Waals surface area contributed by atoms with Crippen LogP contribution < -0.4 is 10.6 Å². The van der Waals surface area contributed by atoms with Crippen LogP contribution in [0, 0.1) is 30.3 Å². The van der Waals surface area contributed by atoms with Gasteiger partial charge in [0.1, 0.15) is 17.2 Å². The Morgan fingerprint density at radius 3 is 2.78 bits per heavy atom. The van der Waals surface area contributed by atoms with E-state index in [1.165, 1.54) is 30.8 Å². The van der Waals surface area contributed by atoms with Gasteiger partial charge in [0.15, 0.2) is 5.17 Å². The van der Waals surface area contributed by atoms with E-state index in [0.29, 0.717) is 17.5 Å². The first-order valence-corrected chi connectivity index (χ1v) is 9.20. The fourth-order valence-corrected chi connectivity index (χ4v) is 4.64. The van der Waals surface area contributed by atoms with Gasteiger partial charge in [-0.05, 0) is 13.0 Å². The molecule has 0 saturated carbocycles. The summed E-state index contributed by atoms with van der Waals surface area (Å²) in [4.78, 5) is 14.1. The Hall–Kier alpha value is -2.49. The second-order valence-corrected chi connectivity index (χ2v) is 7.67. The molecule has 3 N–H and O–H groups in total. The van der Waals surface area contributed by atoms with Gasteiger partial charge in [-0.25, -0.2) is 18.8 Å². The van der Waals surface area contributed by atoms with Crippen molar-refractivity contribution in [2.75, 3.05) is 23.7 Å². The molecule has 1 saturated heterocycles. The molecule has 2 aliphatic heterocycles. The molecule has 27 heavy (non-hydrogen) atoms. The lowest BCUT2D eigenvalue weighted by atomic mass is 9.81. The maximum absolute atomic E-state index is 14.6. The average molecular weight is 395 g/mol. The van der Waals surface area contributed by atoms with E-state index in [-0.39, 0.29) is 29.7 Å². The SMILES string of the molecule is Cc1nc(N2C[C@H]3CSC(N)=N[C@@]3(c3ccc(F)cc3F)C2)nc(O)c1F. The first kappa shape index (κ1) is 17.9. The Morgan fingerprint density at radius 1 is 1.30 bits per heavy atom. The van der Waals surface area contributed by atoms with Gasteiger partial charge in [0, 0.05) is 29.8 Å². The Morgan fingerprint density at radius 2 is 2.07 bits per heavy atom. The molecular formula is C17H16F3N5OS. The lowest BCUT2D eigenvalue weighted by Gasteiger charge is -2.34. The van der Waals surface area contributed by atoms with Crippen LogP contribution in [-0.2, 0) is 5.54 Å². The van der Waals surface area contributed by atoms with E-state index in [0.717, 1.165) is 6.07 Å². The molecule has 10 heteroatoms. The number of amidine groups is 1. The highest BCUT2D eigenvalue weighted by molar-refractivity contribution is 8.13. The number of aromatic nitrogens is 2. The van der Waals surface area contributed by atoms with Gasteiger partial charge in [0.2, 0.25) is 11.8 Å². The van der Waals surface area contributed by atoms with Gasteiger partial charge >= 0.3 is 0 Å². The lowest BCUT2D eigenvalue weighted by molar-refractivity contribution is 0.369. The largest absolute Gasteiger partial charge is 0.491 e. The van der Waals surface area contributed by atoms with Crippen molar-refractivity contribution in [2.45, 2.75) is 12.5 Å². The van der Waals surface area contributed by atoms with Crippen LogP contribution in [0.25, 0.3) is 0 Å². The summed E-state index contributed by atoms with van der Waals surface area (Å²) >= 11 is 1.36. The highest BCUT2D eigenvalue weighted by Gasteiger charge is 2.52. The number of halogens is 3. The molecule has 0 bridgehead atoms. The summed E-state index contributed by atoms with van der Waals surface area (Å²) in [5.74, 6) is -2.45. The van der Waals surface area contributed by atoms with E-state index in [1.807, 2.05) is 0 Å². The number of thioether (sulfide) groups is 1. The predicted octanol–water partition coefficient (Wildman–Crippen LogP) is 2.30. The minimum Gasteiger partial charge on any atom is -0.491 e. The summed E-state index contributed by atoms with van der Waals surface area (Å²) in [7, 11) is 0. The molecule has 1 fully saturated rings. The number of benzene rings is 1. The van der Waals surface area contributed by atoms with E-state index < -0.39 is 28.9 Å². The van der Waals surface area contributed by atoms with Gasteiger partial charge in [-0.15, -0.1) is 0 Å². The summed E-state index contributed by atoms with van der Waals surface area (Å²) in [6, 6.07) is 3.38. The second-order valence-electron chi connectivity index (χ2n) is 6.63. The van der Waals surface area contributed by atoms with Crippen molar-refractivity contribution in [3.63, 3.8) is 0 Å². The number of aryl methyl sites for hydroxylation is 1. The van der Waals surface area contributed by atoms with Crippen molar-refractivity contribution in [1.82, 2.24) is 9.97 Å². The number of nitrogens with zero attached hydrogens (tertiary/aromatic N) is 4. The van der Waals surface area contributed by atoms with Crippen LogP contribution in [0.2, 0.25) is 0 Å². The van der Waals surface area contributed by atoms with Crippen LogP contribution in [0.5, 0.6) is 5.88 Å². The molecule has 142 valence electrons. The molecule has 0 aliphatic carbocycles. The Bertz CT molecular complexity index is 933. The third-order valence-electron chi connectivity index (χ3n) is 4.96. The third-order valence-corrected chi connectivity index (χ3v) is 5.91. The van der Waals surface area contributed by atoms with Crippen molar-refractivity contribution in [1.29, 1.82) is 0 Å². The zero-order valence-electron chi connectivity index (χ0n) is 14.3. The van der Waals surface area contributed by atoms with Gasteiger partial charge in [-0.2, -0.15) is 9.37 Å². The number of aliphatic imine (C=N–C) groups is 1. The van der Waals surface area contributed by atoms with E-state index in [2.05, 4.69) is 15.0 Å². The van der Waals surface area contributed by atoms with Crippen molar-refractivity contribution in [3.8, 4) is 5.88 Å². The number of rotatable bonds is 2. The van der Waals surface area contributed by atoms with Crippen molar-refractivity contribution in [2.24, 2.45) is 16.6 Å². The third kappa shape index (κ3) is 2.88. The van der Waals surface area contributed by atoms with Gasteiger partial charge in [0.25, 0.3) is 5.88 Å². The monoisotopic (exact) mass is 395 g/mol. The van der Waals surface area contributed by atoms with Crippen molar-refractivity contribution < 1.29 is 18.3 Å². The maximum Gasteiger partial charge on any atom is 0.253 e. The van der Waals surface area contributed by atoms with Crippen LogP contribution in [0.4, 0.5) is 19.1 Å². The summed E-state index contributed by atoms with van der Waals surface area (Å²) in [6.07, 6.45) is 0. The molecule has 2 aliphatic rings. The molecule has 0 amide bonds. The minimum absolute atomic E-state index is 0.00627. The van der Waals surface area contributed by atoms with E-state index >= 15 is 0 Å². The van der Waals surface area contributed by atoms with E-state index in [1.54, 1.807) is 4.90 Å². The lowest BCUT2D eigenvalue weighted by Crippen LogP contribution is -2.40. The fourth-order valence-electron chi connectivity index (χ4n) is 3.66. The highest BCUT2D eigenvalue weighted by atomic mass is 32.2. The molecular weight excluding hydrogens is 379 g/mol. The number of aromatic hydroxyl groups is 1. The number of nitrogens with two attached hydrogens (primary N) is 1. The van der Waals surface area contributed by atoms with Crippen LogP contribution in [-0.4, -0.2) is 39.1 Å². The normalized spacial score (nSPS) is 24.7. The molecule has 6 nitrogen and oxygen atoms in total. The summed E-state index contributed by atoms with van der Waals surface area (Å²) in [5.41, 5.74) is 5.13. The molecule has 2 aromatic rings. The fraction of sp³-hybridized carbons (Fsp3) is 0.353. The van der Waals surface area contributed by atoms with E-state index in [9.17, 15) is 18.3 Å². The van der Waals surface area contributed by atoms with Crippen LogP contribution >= 0.6 is 11.8 Å². The van der Waals surface area contributed by atoms with Gasteiger partial charge in [0.05, 0.1) is 12.2 Å². The number of anilines is 1. The smallest absolute Gasteiger partial charge is 0.253 e. The van der Waals surface area contributed by atoms with Crippen molar-refractivity contribution in [3.05, 3.63) is 46.9 Å². The summed E-state index contributed by atoms with van der Waals surface area (Å²) in [5, 5.41) is 10.0. The summed E-state index contributed by atoms with van der Waals surface area (Å²) < 4.78 is 41.7. The van der Waals surface area contributed by atoms with E-state index in [4.69, 9.17) is 5.73 Å². The highest BCUT2D eigenvalue weighted by Crippen LogP contribution is 2.47. The van der Waals surface area contributed by atoms with Crippen molar-refractivity contribution >= 4 is 22.9 Å². The standard InChI is InChI=1S/C17H16F3N5OS/c1-8-13(20)14(26)23-16(22-8)25-5-9-6-27-15(21)24-17(9,7-25)11-3-2-10(18)4-12(11)19/h2-4,9H,5-7H2,1H3,(H2,21,24)(H,22,23,26)/t9-,17-/m0/s1. The minimum atomic E-state index is -1.03. The number of hydrogen-bond acceptors (Lipinski definition) is 7. The quantitative estimate of drug-likeness (QED) is 0.811. The van der Waals surface area contributed by atoms with Crippen LogP contribution in [0.1, 0.15) is 11.3 Å². The van der Waals surface area contributed by atoms with Gasteiger partial charge in [-0.3, -0.25) is 0 Å². The van der Waals surface area contributed by atoms with Gasteiger partial charge < -0.3 is 15.7 Å². The molecule has 3 heterocycles. The van der Waals surface area contributed by atoms with Crippen LogP contribution in [0.3, 0.4) is 0 Å². The zero-order chi connectivity index (χ0) is 19.3. The topological polar surface area (TPSA) is 87.6 Å². The summed E-state index contributed by atoms with van der Waals surface area (Å²) in [6.45, 7) is 2.00. The average Bonchev–Trinajstić information content (AvgIpc) is 2.98. The molecule has 0 spiro atoms. The molecule has 4 rings (SSSR count). The molecule has 2 atom stereocenters. The number of fused-ring (bicyclic) bond motifs is 1. The van der Waals surface area contributed by atoms with Crippen LogP contribution in [0.15, 0.2) is 23.2 Å². The number of hydrogen-bond donors (Lipinski definition) is 2. The molecule has 0 unspecified atom stereocenters. The Balaban J connectivity index is 1.80. The molecule has 1 aromatic carbocycles. The second kappa shape index (κ2) is 6.29. The Kier molecular flexibility index (Phi) is 4.17.